The van der Waals surface area contributed by atoms with Crippen LogP contribution in [-0.2, 0) is 9.59 Å². The first-order valence-electron chi connectivity index (χ1n) is 11.1. The number of nitrogens with zero attached hydrogens (tertiary/aromatic N) is 2. The standard InChI is InChI=1S/C25H32N4O4/c1-4-28-11-13-29(14-12-28)21-8-7-20(15-18(21)2)27-25(31)10-6-19-5-9-22(23(16-19)32-3)33-17-24(26)30/h5-10,15-16H,4,11-14,17H2,1-3H3,(H2,26,30)(H,27,31)/b10-6+. The molecule has 0 unspecified atom stereocenters. The number of hydrogen-bond acceptors (Lipinski definition) is 6. The van der Waals surface area contributed by atoms with Crippen molar-refractivity contribution in [2.45, 2.75) is 13.8 Å². The van der Waals surface area contributed by atoms with Crippen LogP contribution in [0.5, 0.6) is 11.5 Å². The number of piperazine rings is 1. The molecule has 0 bridgehead atoms. The van der Waals surface area contributed by atoms with Gasteiger partial charge in [-0.25, -0.2) is 0 Å². The Labute approximate surface area is 194 Å². The zero-order valence-electron chi connectivity index (χ0n) is 19.5. The van der Waals surface area contributed by atoms with Gasteiger partial charge in [-0.1, -0.05) is 13.0 Å². The van der Waals surface area contributed by atoms with E-state index >= 15 is 0 Å². The van der Waals surface area contributed by atoms with Gasteiger partial charge in [0.25, 0.3) is 5.91 Å². The molecule has 3 N–H and O–H groups in total. The highest BCUT2D eigenvalue weighted by molar-refractivity contribution is 6.02. The van der Waals surface area contributed by atoms with Gasteiger partial charge < -0.3 is 30.3 Å². The van der Waals surface area contributed by atoms with Crippen molar-refractivity contribution in [2.24, 2.45) is 5.73 Å². The van der Waals surface area contributed by atoms with Gasteiger partial charge in [0.2, 0.25) is 5.91 Å². The second kappa shape index (κ2) is 11.4. The van der Waals surface area contributed by atoms with E-state index in [-0.39, 0.29) is 12.5 Å². The molecule has 0 aliphatic carbocycles. The summed E-state index contributed by atoms with van der Waals surface area (Å²) in [4.78, 5) is 28.2. The van der Waals surface area contributed by atoms with E-state index in [0.717, 1.165) is 49.5 Å². The van der Waals surface area contributed by atoms with E-state index in [1.54, 1.807) is 24.3 Å². The lowest BCUT2D eigenvalue weighted by Gasteiger charge is -2.36. The molecule has 8 heteroatoms. The number of aryl methyl sites for hydroxylation is 1. The van der Waals surface area contributed by atoms with Crippen molar-refractivity contribution in [3.05, 3.63) is 53.6 Å². The van der Waals surface area contributed by atoms with E-state index in [2.05, 4.69) is 35.0 Å². The molecule has 1 aliphatic heterocycles. The first-order valence-corrected chi connectivity index (χ1v) is 11.1. The Hall–Kier alpha value is -3.52. The third-order valence-electron chi connectivity index (χ3n) is 5.61. The minimum atomic E-state index is -0.569. The number of anilines is 2. The van der Waals surface area contributed by atoms with Crippen LogP contribution >= 0.6 is 0 Å². The fourth-order valence-electron chi connectivity index (χ4n) is 3.80. The molecule has 2 aromatic carbocycles. The van der Waals surface area contributed by atoms with Crippen LogP contribution in [0.3, 0.4) is 0 Å². The predicted octanol–water partition coefficient (Wildman–Crippen LogP) is 2.66. The van der Waals surface area contributed by atoms with Gasteiger partial charge in [0.05, 0.1) is 7.11 Å². The number of benzene rings is 2. The van der Waals surface area contributed by atoms with E-state index < -0.39 is 5.91 Å². The lowest BCUT2D eigenvalue weighted by Crippen LogP contribution is -2.46. The van der Waals surface area contributed by atoms with Gasteiger partial charge in [0.15, 0.2) is 18.1 Å². The van der Waals surface area contributed by atoms with Crippen LogP contribution < -0.4 is 25.4 Å². The van der Waals surface area contributed by atoms with E-state index in [9.17, 15) is 9.59 Å². The molecular formula is C25H32N4O4. The Morgan fingerprint density at radius 2 is 1.85 bits per heavy atom. The Kier molecular flexibility index (Phi) is 8.32. The minimum absolute atomic E-state index is 0.230. The van der Waals surface area contributed by atoms with Crippen LogP contribution in [0.2, 0.25) is 0 Å². The second-order valence-electron chi connectivity index (χ2n) is 7.91. The summed E-state index contributed by atoms with van der Waals surface area (Å²) in [6, 6.07) is 11.2. The third-order valence-corrected chi connectivity index (χ3v) is 5.61. The SMILES string of the molecule is CCN1CCN(c2ccc(NC(=O)/C=C/c3ccc(OCC(N)=O)c(OC)c3)cc2C)CC1. The molecule has 0 atom stereocenters. The number of amides is 2. The Morgan fingerprint density at radius 3 is 2.48 bits per heavy atom. The van der Waals surface area contributed by atoms with Crippen molar-refractivity contribution in [1.82, 2.24) is 4.90 Å². The highest BCUT2D eigenvalue weighted by Gasteiger charge is 2.17. The molecule has 1 aliphatic rings. The monoisotopic (exact) mass is 452 g/mol. The summed E-state index contributed by atoms with van der Waals surface area (Å²) in [5.41, 5.74) is 8.97. The van der Waals surface area contributed by atoms with Crippen LogP contribution in [0.15, 0.2) is 42.5 Å². The summed E-state index contributed by atoms with van der Waals surface area (Å²) in [5.74, 6) is 0.0566. The number of methoxy groups -OCH3 is 1. The Balaban J connectivity index is 1.60. The molecule has 3 rings (SSSR count). The van der Waals surface area contributed by atoms with Crippen molar-refractivity contribution in [2.75, 3.05) is 56.7 Å². The maximum Gasteiger partial charge on any atom is 0.255 e. The number of nitrogens with one attached hydrogen (secondary N) is 1. The van der Waals surface area contributed by atoms with E-state index in [0.29, 0.717) is 11.5 Å². The van der Waals surface area contributed by atoms with Gasteiger partial charge in [0.1, 0.15) is 0 Å². The lowest BCUT2D eigenvalue weighted by molar-refractivity contribution is -0.120. The number of carbonyl (C=O) groups excluding carboxylic acids is 2. The molecule has 1 fully saturated rings. The average Bonchev–Trinajstić information content (AvgIpc) is 2.81. The summed E-state index contributed by atoms with van der Waals surface area (Å²) in [6.45, 7) is 9.29. The normalized spacial score (nSPS) is 14.3. The molecule has 2 aromatic rings. The molecule has 176 valence electrons. The van der Waals surface area contributed by atoms with Crippen LogP contribution in [0.25, 0.3) is 6.08 Å². The summed E-state index contributed by atoms with van der Waals surface area (Å²) >= 11 is 0. The molecule has 1 saturated heterocycles. The molecular weight excluding hydrogens is 420 g/mol. The fourth-order valence-corrected chi connectivity index (χ4v) is 3.80. The molecule has 33 heavy (non-hydrogen) atoms. The van der Waals surface area contributed by atoms with Gasteiger partial charge in [-0.05, 0) is 61.0 Å². The zero-order chi connectivity index (χ0) is 23.8. The second-order valence-corrected chi connectivity index (χ2v) is 7.91. The molecule has 1 heterocycles. The van der Waals surface area contributed by atoms with Crippen LogP contribution in [-0.4, -0.2) is 63.2 Å². The van der Waals surface area contributed by atoms with Crippen LogP contribution in [0.1, 0.15) is 18.1 Å². The van der Waals surface area contributed by atoms with Gasteiger partial charge in [-0.3, -0.25) is 9.59 Å². The van der Waals surface area contributed by atoms with Crippen molar-refractivity contribution in [1.29, 1.82) is 0 Å². The highest BCUT2D eigenvalue weighted by Crippen LogP contribution is 2.29. The summed E-state index contributed by atoms with van der Waals surface area (Å²) in [6.07, 6.45) is 3.15. The first-order chi connectivity index (χ1) is 15.9. The maximum absolute atomic E-state index is 12.4. The fraction of sp³-hybridized carbons (Fsp3) is 0.360. The number of ether oxygens (including phenoxy) is 2. The maximum atomic E-state index is 12.4. The Bertz CT molecular complexity index is 1010. The van der Waals surface area contributed by atoms with Crippen LogP contribution in [0, 0.1) is 6.92 Å². The molecule has 0 spiro atoms. The topological polar surface area (TPSA) is 97.1 Å². The molecule has 2 amide bonds. The zero-order valence-corrected chi connectivity index (χ0v) is 19.5. The number of primary amides is 1. The quantitative estimate of drug-likeness (QED) is 0.568. The minimum Gasteiger partial charge on any atom is -0.493 e. The van der Waals surface area contributed by atoms with Gasteiger partial charge in [-0.15, -0.1) is 0 Å². The van der Waals surface area contributed by atoms with Crippen molar-refractivity contribution in [3.63, 3.8) is 0 Å². The van der Waals surface area contributed by atoms with E-state index in [4.69, 9.17) is 15.2 Å². The number of likely N-dealkylation sites (N-methyl/N-ethyl adjacent to an activating group) is 1. The third kappa shape index (κ3) is 6.73. The number of nitrogens with two attached hydrogens (primary N) is 1. The van der Waals surface area contributed by atoms with Crippen molar-refractivity contribution >= 4 is 29.3 Å². The van der Waals surface area contributed by atoms with Crippen molar-refractivity contribution in [3.8, 4) is 11.5 Å². The molecule has 0 saturated carbocycles. The average molecular weight is 453 g/mol. The summed E-state index contributed by atoms with van der Waals surface area (Å²) < 4.78 is 10.6. The molecule has 0 aromatic heterocycles. The van der Waals surface area contributed by atoms with Crippen molar-refractivity contribution < 1.29 is 19.1 Å². The van der Waals surface area contributed by atoms with Gasteiger partial charge >= 0.3 is 0 Å². The number of rotatable bonds is 9. The van der Waals surface area contributed by atoms with E-state index in [1.807, 2.05) is 12.1 Å². The largest absolute Gasteiger partial charge is 0.493 e. The predicted molar refractivity (Wildman–Crippen MR) is 131 cm³/mol. The number of carbonyl (C=O) groups is 2. The smallest absolute Gasteiger partial charge is 0.255 e. The van der Waals surface area contributed by atoms with Crippen LogP contribution in [0.4, 0.5) is 11.4 Å². The lowest BCUT2D eigenvalue weighted by atomic mass is 10.1. The van der Waals surface area contributed by atoms with Gasteiger partial charge in [-0.2, -0.15) is 0 Å². The summed E-state index contributed by atoms with van der Waals surface area (Å²) in [7, 11) is 1.50. The molecule has 0 radical (unpaired) electrons. The molecule has 8 nitrogen and oxygen atoms in total. The Morgan fingerprint density at radius 1 is 1.09 bits per heavy atom. The highest BCUT2D eigenvalue weighted by atomic mass is 16.5. The van der Waals surface area contributed by atoms with E-state index in [1.165, 1.54) is 18.9 Å². The first kappa shape index (κ1) is 24.1. The van der Waals surface area contributed by atoms with Gasteiger partial charge in [0, 0.05) is 43.6 Å². The number of hydrogen-bond donors (Lipinski definition) is 2. The summed E-state index contributed by atoms with van der Waals surface area (Å²) in [5, 5.41) is 2.91.